The first-order valence-corrected chi connectivity index (χ1v) is 9.03. The summed E-state index contributed by atoms with van der Waals surface area (Å²) in [5.74, 6) is -0.633. The SMILES string of the molecule is COC(=O)/C=C/c1ccc(OC(=O)[C@@H]2CCCN2C(=O)c2ccco2)c(OC)c1. The molecule has 0 aliphatic carbocycles. The molecule has 0 bridgehead atoms. The van der Waals surface area contributed by atoms with Crippen LogP contribution in [0.4, 0.5) is 0 Å². The number of carbonyl (C=O) groups is 3. The highest BCUT2D eigenvalue weighted by atomic mass is 16.6. The van der Waals surface area contributed by atoms with Gasteiger partial charge in [-0.1, -0.05) is 6.07 Å². The van der Waals surface area contributed by atoms with Crippen LogP contribution in [0.3, 0.4) is 0 Å². The van der Waals surface area contributed by atoms with E-state index in [1.807, 2.05) is 0 Å². The van der Waals surface area contributed by atoms with Gasteiger partial charge in [0.15, 0.2) is 17.3 Å². The van der Waals surface area contributed by atoms with Crippen molar-refractivity contribution in [1.29, 1.82) is 0 Å². The number of ether oxygens (including phenoxy) is 3. The molecule has 1 amide bonds. The Morgan fingerprint density at radius 2 is 2.00 bits per heavy atom. The van der Waals surface area contributed by atoms with Gasteiger partial charge in [0.2, 0.25) is 0 Å². The molecule has 0 unspecified atom stereocenters. The van der Waals surface area contributed by atoms with E-state index in [0.717, 1.165) is 0 Å². The van der Waals surface area contributed by atoms with Crippen LogP contribution in [0.1, 0.15) is 29.0 Å². The molecule has 8 heteroatoms. The predicted molar refractivity (Wildman–Crippen MR) is 102 cm³/mol. The van der Waals surface area contributed by atoms with Crippen molar-refractivity contribution < 1.29 is 33.0 Å². The number of benzene rings is 1. The van der Waals surface area contributed by atoms with E-state index < -0.39 is 18.0 Å². The first kappa shape index (κ1) is 20.2. The summed E-state index contributed by atoms with van der Waals surface area (Å²) in [5, 5.41) is 0. The predicted octanol–water partition coefficient (Wildman–Crippen LogP) is 2.68. The molecule has 1 aromatic carbocycles. The van der Waals surface area contributed by atoms with Crippen molar-refractivity contribution in [2.24, 2.45) is 0 Å². The number of esters is 2. The average Bonchev–Trinajstić information content (AvgIpc) is 3.44. The van der Waals surface area contributed by atoms with Crippen molar-refractivity contribution >= 4 is 23.9 Å². The van der Waals surface area contributed by atoms with Crippen LogP contribution in [0.15, 0.2) is 47.1 Å². The van der Waals surface area contributed by atoms with E-state index in [1.165, 1.54) is 31.5 Å². The molecule has 29 heavy (non-hydrogen) atoms. The maximum atomic E-state index is 12.7. The third-order valence-corrected chi connectivity index (χ3v) is 4.53. The van der Waals surface area contributed by atoms with E-state index >= 15 is 0 Å². The summed E-state index contributed by atoms with van der Waals surface area (Å²) in [7, 11) is 2.74. The molecule has 8 nitrogen and oxygen atoms in total. The first-order chi connectivity index (χ1) is 14.0. The smallest absolute Gasteiger partial charge is 0.334 e. The Hall–Kier alpha value is -3.55. The van der Waals surface area contributed by atoms with Crippen LogP contribution in [-0.2, 0) is 14.3 Å². The molecular weight excluding hydrogens is 378 g/mol. The van der Waals surface area contributed by atoms with Gasteiger partial charge in [0.1, 0.15) is 6.04 Å². The largest absolute Gasteiger partial charge is 0.493 e. The van der Waals surface area contributed by atoms with Crippen molar-refractivity contribution in [3.8, 4) is 11.5 Å². The van der Waals surface area contributed by atoms with Crippen LogP contribution in [0, 0.1) is 0 Å². The Morgan fingerprint density at radius 3 is 2.69 bits per heavy atom. The lowest BCUT2D eigenvalue weighted by Crippen LogP contribution is -2.42. The van der Waals surface area contributed by atoms with Gasteiger partial charge in [-0.05, 0) is 48.7 Å². The molecule has 1 aromatic heterocycles. The van der Waals surface area contributed by atoms with Gasteiger partial charge in [0.25, 0.3) is 5.91 Å². The van der Waals surface area contributed by atoms with E-state index in [2.05, 4.69) is 4.74 Å². The summed E-state index contributed by atoms with van der Waals surface area (Å²) in [4.78, 5) is 38.0. The van der Waals surface area contributed by atoms with Crippen molar-refractivity contribution in [3.05, 3.63) is 54.0 Å². The van der Waals surface area contributed by atoms with Crippen LogP contribution < -0.4 is 9.47 Å². The summed E-state index contributed by atoms with van der Waals surface area (Å²) < 4.78 is 20.5. The standard InChI is InChI=1S/C21H21NO7/c1-26-18-13-14(8-10-19(23)27-2)7-9-16(18)29-21(25)15-5-3-11-22(15)20(24)17-6-4-12-28-17/h4,6-10,12-13,15H,3,5,11H2,1-2H3/b10-8+/t15-/m0/s1. The number of carbonyl (C=O) groups excluding carboxylic acids is 3. The maximum Gasteiger partial charge on any atom is 0.334 e. The molecule has 0 saturated carbocycles. The number of furan rings is 1. The monoisotopic (exact) mass is 399 g/mol. The quantitative estimate of drug-likeness (QED) is 0.419. The van der Waals surface area contributed by atoms with Gasteiger partial charge in [-0.2, -0.15) is 0 Å². The number of likely N-dealkylation sites (tertiary alicyclic amines) is 1. The average molecular weight is 399 g/mol. The molecule has 152 valence electrons. The zero-order valence-corrected chi connectivity index (χ0v) is 16.1. The summed E-state index contributed by atoms with van der Waals surface area (Å²) in [6.07, 6.45) is 5.45. The van der Waals surface area contributed by atoms with E-state index in [4.69, 9.17) is 13.9 Å². The van der Waals surface area contributed by atoms with Crippen molar-refractivity contribution in [3.63, 3.8) is 0 Å². The minimum absolute atomic E-state index is 0.184. The van der Waals surface area contributed by atoms with E-state index in [0.29, 0.717) is 30.7 Å². The second-order valence-electron chi connectivity index (χ2n) is 6.32. The number of rotatable bonds is 6. The molecule has 1 fully saturated rings. The van der Waals surface area contributed by atoms with E-state index in [-0.39, 0.29) is 17.4 Å². The molecule has 3 rings (SSSR count). The summed E-state index contributed by atoms with van der Waals surface area (Å²) in [6.45, 7) is 0.452. The fraction of sp³-hybridized carbons (Fsp3) is 0.286. The zero-order valence-electron chi connectivity index (χ0n) is 16.1. The molecule has 0 radical (unpaired) electrons. The van der Waals surface area contributed by atoms with Gasteiger partial charge in [0, 0.05) is 12.6 Å². The Bertz CT molecular complexity index is 917. The third kappa shape index (κ3) is 4.66. The highest BCUT2D eigenvalue weighted by Gasteiger charge is 2.37. The van der Waals surface area contributed by atoms with Gasteiger partial charge in [-0.25, -0.2) is 9.59 Å². The zero-order chi connectivity index (χ0) is 20.8. The molecular formula is C21H21NO7. The Labute approximate surface area is 167 Å². The fourth-order valence-corrected chi connectivity index (χ4v) is 3.08. The molecule has 1 atom stereocenters. The summed E-state index contributed by atoms with van der Waals surface area (Å²) in [6, 6.07) is 7.36. The number of hydrogen-bond donors (Lipinski definition) is 0. The fourth-order valence-electron chi connectivity index (χ4n) is 3.08. The van der Waals surface area contributed by atoms with Crippen LogP contribution in [0.25, 0.3) is 6.08 Å². The van der Waals surface area contributed by atoms with Gasteiger partial charge in [-0.3, -0.25) is 4.79 Å². The van der Waals surface area contributed by atoms with E-state index in [9.17, 15) is 14.4 Å². The highest BCUT2D eigenvalue weighted by molar-refractivity contribution is 5.95. The number of nitrogens with zero attached hydrogens (tertiary/aromatic N) is 1. The molecule has 0 N–H and O–H groups in total. The second-order valence-corrected chi connectivity index (χ2v) is 6.32. The lowest BCUT2D eigenvalue weighted by atomic mass is 10.2. The highest BCUT2D eigenvalue weighted by Crippen LogP contribution is 2.30. The van der Waals surface area contributed by atoms with Gasteiger partial charge in [0.05, 0.1) is 20.5 Å². The van der Waals surface area contributed by atoms with Crippen molar-refractivity contribution in [2.45, 2.75) is 18.9 Å². The molecule has 2 heterocycles. The van der Waals surface area contributed by atoms with E-state index in [1.54, 1.807) is 36.4 Å². The Morgan fingerprint density at radius 1 is 1.17 bits per heavy atom. The third-order valence-electron chi connectivity index (χ3n) is 4.53. The number of hydrogen-bond acceptors (Lipinski definition) is 7. The minimum Gasteiger partial charge on any atom is -0.493 e. The van der Waals surface area contributed by atoms with Gasteiger partial charge < -0.3 is 23.5 Å². The van der Waals surface area contributed by atoms with Crippen LogP contribution >= 0.6 is 0 Å². The molecule has 1 aliphatic heterocycles. The summed E-state index contributed by atoms with van der Waals surface area (Å²) >= 11 is 0. The topological polar surface area (TPSA) is 95.3 Å². The van der Waals surface area contributed by atoms with Crippen LogP contribution in [0.2, 0.25) is 0 Å². The number of amides is 1. The first-order valence-electron chi connectivity index (χ1n) is 9.03. The Kier molecular flexibility index (Phi) is 6.33. The van der Waals surface area contributed by atoms with Crippen LogP contribution in [0.5, 0.6) is 11.5 Å². The summed E-state index contributed by atoms with van der Waals surface area (Å²) in [5.41, 5.74) is 0.669. The lowest BCUT2D eigenvalue weighted by Gasteiger charge is -2.22. The van der Waals surface area contributed by atoms with Gasteiger partial charge in [-0.15, -0.1) is 0 Å². The lowest BCUT2D eigenvalue weighted by molar-refractivity contribution is -0.138. The Balaban J connectivity index is 1.73. The van der Waals surface area contributed by atoms with Crippen LogP contribution in [-0.4, -0.2) is 49.6 Å². The molecule has 1 saturated heterocycles. The minimum atomic E-state index is -0.698. The molecule has 0 spiro atoms. The van der Waals surface area contributed by atoms with Crippen molar-refractivity contribution in [2.75, 3.05) is 20.8 Å². The second kappa shape index (κ2) is 9.09. The van der Waals surface area contributed by atoms with Crippen molar-refractivity contribution in [1.82, 2.24) is 4.90 Å². The molecule has 1 aliphatic rings. The van der Waals surface area contributed by atoms with Gasteiger partial charge >= 0.3 is 11.9 Å². The normalized spacial score (nSPS) is 16.1. The molecule has 2 aromatic rings. The maximum absolute atomic E-state index is 12.7. The number of methoxy groups -OCH3 is 2.